The molecule has 2 aromatic rings. The molecule has 0 spiro atoms. The molecule has 140 valence electrons. The van der Waals surface area contributed by atoms with E-state index in [1.165, 1.54) is 0 Å². The third kappa shape index (κ3) is 4.27. The topological polar surface area (TPSA) is 40.6 Å². The first-order valence-corrected chi connectivity index (χ1v) is 9.53. The highest BCUT2D eigenvalue weighted by molar-refractivity contribution is 5.94. The fourth-order valence-corrected chi connectivity index (χ4v) is 3.51. The minimum atomic E-state index is -0.274. The van der Waals surface area contributed by atoms with Crippen LogP contribution in [0.15, 0.2) is 60.8 Å². The minimum absolute atomic E-state index is 0.0380. The van der Waals surface area contributed by atoms with Crippen molar-refractivity contribution in [2.45, 2.75) is 39.2 Å². The van der Waals surface area contributed by atoms with Crippen molar-refractivity contribution in [3.63, 3.8) is 0 Å². The molecule has 27 heavy (non-hydrogen) atoms. The standard InChI is InChI=1S/C23H26N2O2/c1-3-4-15-25(20-11-6-5-7-12-20)23(27)17-22-21-13-9-8-10-19(21)14-16-24(22)18(2)26/h5-14,16,22H,3-4,15,17H2,1-2H3. The van der Waals surface area contributed by atoms with Crippen LogP contribution in [-0.2, 0) is 9.59 Å². The SMILES string of the molecule is CCCCN(C(=O)CC1c2ccccc2C=CN1C(C)=O)c1ccccc1. The van der Waals surface area contributed by atoms with Crippen LogP contribution < -0.4 is 4.90 Å². The van der Waals surface area contributed by atoms with Crippen LogP contribution in [0.1, 0.15) is 50.3 Å². The molecule has 1 atom stereocenters. The Balaban J connectivity index is 1.89. The molecule has 2 amide bonds. The van der Waals surface area contributed by atoms with Crippen molar-refractivity contribution < 1.29 is 9.59 Å². The van der Waals surface area contributed by atoms with Gasteiger partial charge in [0.05, 0.1) is 12.5 Å². The molecule has 0 aromatic heterocycles. The van der Waals surface area contributed by atoms with E-state index >= 15 is 0 Å². The summed E-state index contributed by atoms with van der Waals surface area (Å²) in [5.41, 5.74) is 2.99. The summed E-state index contributed by atoms with van der Waals surface area (Å²) in [6.07, 6.45) is 5.95. The molecule has 0 fully saturated rings. The number of hydrogen-bond donors (Lipinski definition) is 0. The number of fused-ring (bicyclic) bond motifs is 1. The second-order valence-electron chi connectivity index (χ2n) is 6.83. The van der Waals surface area contributed by atoms with E-state index in [1.807, 2.05) is 65.6 Å². The highest BCUT2D eigenvalue weighted by Crippen LogP contribution is 2.33. The predicted molar refractivity (Wildman–Crippen MR) is 109 cm³/mol. The Kier molecular flexibility index (Phi) is 6.07. The third-order valence-corrected chi connectivity index (χ3v) is 4.94. The molecule has 0 radical (unpaired) electrons. The van der Waals surface area contributed by atoms with Gasteiger partial charge in [-0.25, -0.2) is 0 Å². The van der Waals surface area contributed by atoms with Crippen molar-refractivity contribution in [1.82, 2.24) is 4.90 Å². The highest BCUT2D eigenvalue weighted by atomic mass is 16.2. The maximum Gasteiger partial charge on any atom is 0.229 e. The van der Waals surface area contributed by atoms with Gasteiger partial charge in [-0.05, 0) is 35.8 Å². The Morgan fingerprint density at radius 3 is 2.44 bits per heavy atom. The molecule has 1 aliphatic rings. The van der Waals surface area contributed by atoms with Crippen LogP contribution in [0, 0.1) is 0 Å². The monoisotopic (exact) mass is 362 g/mol. The largest absolute Gasteiger partial charge is 0.312 e. The number of rotatable bonds is 6. The van der Waals surface area contributed by atoms with Crippen LogP contribution in [0.3, 0.4) is 0 Å². The lowest BCUT2D eigenvalue weighted by molar-refractivity contribution is -0.129. The van der Waals surface area contributed by atoms with Gasteiger partial charge >= 0.3 is 0 Å². The van der Waals surface area contributed by atoms with E-state index in [0.29, 0.717) is 6.54 Å². The lowest BCUT2D eigenvalue weighted by Crippen LogP contribution is -2.38. The van der Waals surface area contributed by atoms with Gasteiger partial charge in [0.1, 0.15) is 0 Å². The van der Waals surface area contributed by atoms with Gasteiger partial charge in [0.15, 0.2) is 0 Å². The summed E-state index contributed by atoms with van der Waals surface area (Å²) in [7, 11) is 0. The van der Waals surface area contributed by atoms with Crippen molar-refractivity contribution >= 4 is 23.6 Å². The number of amides is 2. The summed E-state index contributed by atoms with van der Waals surface area (Å²) in [5, 5.41) is 0. The van der Waals surface area contributed by atoms with Crippen molar-refractivity contribution in [1.29, 1.82) is 0 Å². The van der Waals surface area contributed by atoms with E-state index < -0.39 is 0 Å². The summed E-state index contributed by atoms with van der Waals surface area (Å²) in [5.74, 6) is -0.0191. The van der Waals surface area contributed by atoms with Gasteiger partial charge in [-0.3, -0.25) is 9.59 Å². The van der Waals surface area contributed by atoms with E-state index in [2.05, 4.69) is 6.92 Å². The average Bonchev–Trinajstić information content (AvgIpc) is 2.69. The lowest BCUT2D eigenvalue weighted by Gasteiger charge is -2.34. The number of hydrogen-bond acceptors (Lipinski definition) is 2. The lowest BCUT2D eigenvalue weighted by atomic mass is 9.93. The van der Waals surface area contributed by atoms with Crippen molar-refractivity contribution in [2.75, 3.05) is 11.4 Å². The predicted octanol–water partition coefficient (Wildman–Crippen LogP) is 4.78. The maximum atomic E-state index is 13.3. The molecule has 4 nitrogen and oxygen atoms in total. The summed E-state index contributed by atoms with van der Waals surface area (Å²) >= 11 is 0. The van der Waals surface area contributed by atoms with Crippen LogP contribution in [0.2, 0.25) is 0 Å². The number of benzene rings is 2. The second-order valence-corrected chi connectivity index (χ2v) is 6.83. The summed E-state index contributed by atoms with van der Waals surface area (Å²) in [6, 6.07) is 17.5. The van der Waals surface area contributed by atoms with E-state index in [1.54, 1.807) is 18.0 Å². The van der Waals surface area contributed by atoms with Gasteiger partial charge in [0.2, 0.25) is 11.8 Å². The van der Waals surface area contributed by atoms with Crippen LogP contribution >= 0.6 is 0 Å². The molecule has 1 aliphatic heterocycles. The molecule has 0 saturated carbocycles. The minimum Gasteiger partial charge on any atom is -0.312 e. The Labute approximate surface area is 161 Å². The van der Waals surface area contributed by atoms with Gasteiger partial charge in [-0.1, -0.05) is 55.8 Å². The van der Waals surface area contributed by atoms with E-state index in [4.69, 9.17) is 0 Å². The first kappa shape index (κ1) is 18.9. The summed E-state index contributed by atoms with van der Waals surface area (Å²) < 4.78 is 0. The van der Waals surface area contributed by atoms with E-state index in [-0.39, 0.29) is 24.3 Å². The molecule has 0 N–H and O–H groups in total. The first-order chi connectivity index (χ1) is 13.1. The van der Waals surface area contributed by atoms with Crippen LogP contribution in [-0.4, -0.2) is 23.3 Å². The molecule has 3 rings (SSSR count). The second kappa shape index (κ2) is 8.67. The normalized spacial score (nSPS) is 15.3. The first-order valence-electron chi connectivity index (χ1n) is 9.53. The maximum absolute atomic E-state index is 13.3. The zero-order valence-electron chi connectivity index (χ0n) is 16.0. The third-order valence-electron chi connectivity index (χ3n) is 4.94. The Morgan fingerprint density at radius 2 is 1.74 bits per heavy atom. The molecule has 0 aliphatic carbocycles. The Morgan fingerprint density at radius 1 is 1.04 bits per heavy atom. The fourth-order valence-electron chi connectivity index (χ4n) is 3.51. The smallest absolute Gasteiger partial charge is 0.229 e. The molecular weight excluding hydrogens is 336 g/mol. The molecule has 1 unspecified atom stereocenters. The summed E-state index contributed by atoms with van der Waals surface area (Å²) in [4.78, 5) is 28.9. The van der Waals surface area contributed by atoms with Crippen LogP contribution in [0.25, 0.3) is 6.08 Å². The van der Waals surface area contributed by atoms with Gasteiger partial charge in [0.25, 0.3) is 0 Å². The van der Waals surface area contributed by atoms with Gasteiger partial charge in [-0.2, -0.15) is 0 Å². The summed E-state index contributed by atoms with van der Waals surface area (Å²) in [6.45, 7) is 4.35. The number of carbonyl (C=O) groups excluding carboxylic acids is 2. The van der Waals surface area contributed by atoms with E-state index in [0.717, 1.165) is 29.7 Å². The molecule has 0 bridgehead atoms. The Hall–Kier alpha value is -2.88. The van der Waals surface area contributed by atoms with Crippen LogP contribution in [0.4, 0.5) is 5.69 Å². The molecule has 0 saturated heterocycles. The average molecular weight is 362 g/mol. The van der Waals surface area contributed by atoms with Crippen LogP contribution in [0.5, 0.6) is 0 Å². The van der Waals surface area contributed by atoms with E-state index in [9.17, 15) is 9.59 Å². The highest BCUT2D eigenvalue weighted by Gasteiger charge is 2.30. The van der Waals surface area contributed by atoms with Crippen molar-refractivity contribution in [3.8, 4) is 0 Å². The number of carbonyl (C=O) groups is 2. The van der Waals surface area contributed by atoms with Crippen molar-refractivity contribution in [3.05, 3.63) is 71.9 Å². The number of anilines is 1. The quantitative estimate of drug-likeness (QED) is 0.742. The Bertz CT molecular complexity index is 829. The molecular formula is C23H26N2O2. The molecule has 2 aromatic carbocycles. The van der Waals surface area contributed by atoms with Gasteiger partial charge in [0, 0.05) is 25.4 Å². The number of para-hydroxylation sites is 1. The zero-order valence-corrected chi connectivity index (χ0v) is 16.0. The number of unbranched alkanes of at least 4 members (excludes halogenated alkanes) is 1. The number of nitrogens with zero attached hydrogens (tertiary/aromatic N) is 2. The zero-order chi connectivity index (χ0) is 19.2. The molecule has 1 heterocycles. The van der Waals surface area contributed by atoms with Crippen molar-refractivity contribution in [2.24, 2.45) is 0 Å². The van der Waals surface area contributed by atoms with Gasteiger partial charge in [-0.15, -0.1) is 0 Å². The molecule has 4 heteroatoms. The fraction of sp³-hybridized carbons (Fsp3) is 0.304. The van der Waals surface area contributed by atoms with Gasteiger partial charge < -0.3 is 9.80 Å².